The van der Waals surface area contributed by atoms with E-state index in [4.69, 9.17) is 14.9 Å². The molecule has 1 saturated heterocycles. The molecule has 0 radical (unpaired) electrons. The minimum absolute atomic E-state index is 0.0135. The molecule has 1 fully saturated rings. The second-order valence-corrected chi connectivity index (χ2v) is 7.56. The van der Waals surface area contributed by atoms with Gasteiger partial charge in [0.25, 0.3) is 0 Å². The molecule has 132 valence electrons. The third-order valence-electron chi connectivity index (χ3n) is 4.95. The number of nitrogens with one attached hydrogen (secondary N) is 1. The van der Waals surface area contributed by atoms with Crippen molar-refractivity contribution in [2.24, 2.45) is 10.8 Å². The Hall–Kier alpha value is -2.43. The molecular weight excluding hydrogens is 318 g/mol. The molecule has 5 nitrogen and oxygen atoms in total. The molecule has 3 rings (SSSR count). The van der Waals surface area contributed by atoms with Crippen LogP contribution >= 0.6 is 0 Å². The molecule has 2 atom stereocenters. The number of hydrogen-bond acceptors (Lipinski definition) is 5. The first kappa shape index (κ1) is 17.4. The molecule has 1 aliphatic heterocycles. The van der Waals surface area contributed by atoms with Gasteiger partial charge in [-0.15, -0.1) is 0 Å². The molecule has 1 unspecified atom stereocenters. The summed E-state index contributed by atoms with van der Waals surface area (Å²) in [4.78, 5) is 24.6. The fourth-order valence-corrected chi connectivity index (χ4v) is 3.70. The maximum absolute atomic E-state index is 12.5. The Morgan fingerprint density at radius 1 is 1.36 bits per heavy atom. The number of cyclic esters (lactones) is 1. The van der Waals surface area contributed by atoms with Crippen molar-refractivity contribution < 1.29 is 19.1 Å². The van der Waals surface area contributed by atoms with Crippen LogP contribution in [0.5, 0.6) is 0 Å². The van der Waals surface area contributed by atoms with Crippen LogP contribution < -0.4 is 0 Å². The van der Waals surface area contributed by atoms with Crippen LogP contribution in [0.1, 0.15) is 38.7 Å². The van der Waals surface area contributed by atoms with Crippen LogP contribution in [0.2, 0.25) is 0 Å². The Kier molecular flexibility index (Phi) is 4.50. The number of carbonyl (C=O) groups is 2. The quantitative estimate of drug-likeness (QED) is 0.506. The van der Waals surface area contributed by atoms with Gasteiger partial charge in [0, 0.05) is 6.21 Å². The van der Waals surface area contributed by atoms with Crippen LogP contribution in [-0.4, -0.2) is 24.3 Å². The minimum atomic E-state index is -1.02. The molecular formula is C20H23NO4. The summed E-state index contributed by atoms with van der Waals surface area (Å²) in [7, 11) is 0. The van der Waals surface area contributed by atoms with Gasteiger partial charge in [-0.1, -0.05) is 50.3 Å². The Labute approximate surface area is 147 Å². The zero-order valence-corrected chi connectivity index (χ0v) is 14.6. The third kappa shape index (κ3) is 3.36. The van der Waals surface area contributed by atoms with Crippen molar-refractivity contribution in [2.45, 2.75) is 45.8 Å². The van der Waals surface area contributed by atoms with E-state index in [1.807, 2.05) is 36.4 Å². The predicted molar refractivity (Wildman–Crippen MR) is 93.0 cm³/mol. The number of rotatable bonds is 5. The smallest absolute Gasteiger partial charge is 0.322 e. The minimum Gasteiger partial charge on any atom is -0.461 e. The van der Waals surface area contributed by atoms with Crippen molar-refractivity contribution in [1.82, 2.24) is 0 Å². The first-order valence-corrected chi connectivity index (χ1v) is 8.49. The van der Waals surface area contributed by atoms with E-state index < -0.39 is 23.5 Å². The molecule has 1 N–H and O–H groups in total. The van der Waals surface area contributed by atoms with Gasteiger partial charge < -0.3 is 14.9 Å². The summed E-state index contributed by atoms with van der Waals surface area (Å²) in [6, 6.07) is 9.44. The normalized spacial score (nSPS) is 27.0. The van der Waals surface area contributed by atoms with Gasteiger partial charge in [0.15, 0.2) is 0 Å². The van der Waals surface area contributed by atoms with Gasteiger partial charge >= 0.3 is 11.9 Å². The summed E-state index contributed by atoms with van der Waals surface area (Å²) < 4.78 is 10.8. The monoisotopic (exact) mass is 341 g/mol. The summed E-state index contributed by atoms with van der Waals surface area (Å²) in [5.74, 6) is -0.837. The lowest BCUT2D eigenvalue weighted by atomic mass is 9.63. The molecule has 0 amide bonds. The molecule has 1 aromatic carbocycles. The number of fused-ring (bicyclic) bond motifs is 1. The highest BCUT2D eigenvalue weighted by Gasteiger charge is 2.56. The van der Waals surface area contributed by atoms with Crippen molar-refractivity contribution in [1.29, 1.82) is 5.41 Å². The lowest BCUT2D eigenvalue weighted by molar-refractivity contribution is -0.152. The van der Waals surface area contributed by atoms with E-state index in [0.29, 0.717) is 6.42 Å². The van der Waals surface area contributed by atoms with E-state index in [2.05, 4.69) is 13.8 Å². The van der Waals surface area contributed by atoms with Crippen LogP contribution in [0, 0.1) is 16.2 Å². The van der Waals surface area contributed by atoms with E-state index in [0.717, 1.165) is 17.6 Å². The molecule has 1 aromatic rings. The van der Waals surface area contributed by atoms with Crippen LogP contribution in [0.4, 0.5) is 0 Å². The number of carbonyl (C=O) groups excluding carboxylic acids is 2. The number of benzene rings is 1. The lowest BCUT2D eigenvalue weighted by Gasteiger charge is -2.37. The van der Waals surface area contributed by atoms with Gasteiger partial charge in [-0.25, -0.2) is 0 Å². The maximum Gasteiger partial charge on any atom is 0.322 e. The van der Waals surface area contributed by atoms with E-state index >= 15 is 0 Å². The fourth-order valence-electron chi connectivity index (χ4n) is 3.70. The van der Waals surface area contributed by atoms with Gasteiger partial charge in [0.2, 0.25) is 0 Å². The van der Waals surface area contributed by atoms with E-state index in [-0.39, 0.29) is 18.4 Å². The second kappa shape index (κ2) is 6.47. The highest BCUT2D eigenvalue weighted by molar-refractivity contribution is 6.01. The molecule has 1 heterocycles. The standard InChI is InChI=1S/C20H23NO4/c1-19(2)9-8-15-16(25-18(23)20(15,12-19)13-21)10-17(22)24-11-14-6-4-3-5-7-14/h3-8,13,16,21H,9-12H2,1-2H3/t16-,20?/m1/s1. The van der Waals surface area contributed by atoms with Crippen molar-refractivity contribution in [3.05, 3.63) is 47.5 Å². The highest BCUT2D eigenvalue weighted by Crippen LogP contribution is 2.51. The summed E-state index contributed by atoms with van der Waals surface area (Å²) >= 11 is 0. The Bertz CT molecular complexity index is 722. The molecule has 0 aromatic heterocycles. The van der Waals surface area contributed by atoms with E-state index in [1.165, 1.54) is 6.21 Å². The van der Waals surface area contributed by atoms with Crippen molar-refractivity contribution in [2.75, 3.05) is 0 Å². The number of allylic oxidation sites excluding steroid dienone is 1. The molecule has 5 heteroatoms. The molecule has 0 saturated carbocycles. The summed E-state index contributed by atoms with van der Waals surface area (Å²) in [6.45, 7) is 4.34. The first-order chi connectivity index (χ1) is 11.9. The van der Waals surface area contributed by atoms with Crippen LogP contribution in [0.25, 0.3) is 0 Å². The van der Waals surface area contributed by atoms with E-state index in [9.17, 15) is 9.59 Å². The van der Waals surface area contributed by atoms with Crippen LogP contribution in [0.15, 0.2) is 42.0 Å². The SMILES string of the molecule is CC1(C)CC=C2[C@@H](CC(=O)OCc3ccccc3)OC(=O)C2(C=N)C1. The molecule has 1 aliphatic carbocycles. The zero-order valence-electron chi connectivity index (χ0n) is 14.6. The molecule has 25 heavy (non-hydrogen) atoms. The summed E-state index contributed by atoms with van der Waals surface area (Å²) in [6.07, 6.45) is 3.83. The van der Waals surface area contributed by atoms with Crippen molar-refractivity contribution in [3.8, 4) is 0 Å². The summed E-state index contributed by atoms with van der Waals surface area (Å²) in [5, 5.41) is 7.81. The molecule has 0 bridgehead atoms. The first-order valence-electron chi connectivity index (χ1n) is 8.49. The van der Waals surface area contributed by atoms with Gasteiger partial charge in [-0.3, -0.25) is 9.59 Å². The van der Waals surface area contributed by atoms with Gasteiger partial charge in [0.05, 0.1) is 6.42 Å². The van der Waals surface area contributed by atoms with Gasteiger partial charge in [-0.2, -0.15) is 0 Å². The van der Waals surface area contributed by atoms with Gasteiger partial charge in [0.1, 0.15) is 18.1 Å². The average Bonchev–Trinajstić information content (AvgIpc) is 2.84. The Balaban J connectivity index is 1.69. The fraction of sp³-hybridized carbons (Fsp3) is 0.450. The Morgan fingerprint density at radius 3 is 2.76 bits per heavy atom. The lowest BCUT2D eigenvalue weighted by Crippen LogP contribution is -2.38. The predicted octanol–water partition coefficient (Wildman–Crippen LogP) is 3.43. The second-order valence-electron chi connectivity index (χ2n) is 7.56. The maximum atomic E-state index is 12.5. The Morgan fingerprint density at radius 2 is 2.08 bits per heavy atom. The number of esters is 2. The number of ether oxygens (including phenoxy) is 2. The highest BCUT2D eigenvalue weighted by atomic mass is 16.6. The van der Waals surface area contributed by atoms with Crippen LogP contribution in [0.3, 0.4) is 0 Å². The zero-order chi connectivity index (χ0) is 18.1. The van der Waals surface area contributed by atoms with Crippen molar-refractivity contribution in [3.63, 3.8) is 0 Å². The third-order valence-corrected chi connectivity index (χ3v) is 4.95. The number of hydrogen-bond donors (Lipinski definition) is 1. The van der Waals surface area contributed by atoms with Crippen LogP contribution in [-0.2, 0) is 25.7 Å². The van der Waals surface area contributed by atoms with E-state index in [1.54, 1.807) is 0 Å². The van der Waals surface area contributed by atoms with Crippen molar-refractivity contribution >= 4 is 18.2 Å². The average molecular weight is 341 g/mol. The molecule has 0 spiro atoms. The largest absolute Gasteiger partial charge is 0.461 e. The van der Waals surface area contributed by atoms with Gasteiger partial charge in [-0.05, 0) is 29.4 Å². The summed E-state index contributed by atoms with van der Waals surface area (Å²) in [5.41, 5.74) is 0.546. The molecule has 2 aliphatic rings. The topological polar surface area (TPSA) is 76.5 Å².